The Morgan fingerprint density at radius 2 is 2.05 bits per heavy atom. The summed E-state index contributed by atoms with van der Waals surface area (Å²) in [7, 11) is 2.71. The van der Waals surface area contributed by atoms with Crippen molar-refractivity contribution < 1.29 is 19.1 Å². The molecule has 0 saturated heterocycles. The molecule has 8 nitrogen and oxygen atoms in total. The van der Waals surface area contributed by atoms with Crippen LogP contribution in [0.5, 0.6) is 6.01 Å². The van der Waals surface area contributed by atoms with Crippen LogP contribution in [0.3, 0.4) is 0 Å². The maximum absolute atomic E-state index is 11.8. The van der Waals surface area contributed by atoms with E-state index >= 15 is 0 Å². The van der Waals surface area contributed by atoms with Gasteiger partial charge in [-0.15, -0.1) is 4.37 Å². The molecule has 0 fully saturated rings. The summed E-state index contributed by atoms with van der Waals surface area (Å²) < 4.78 is 13.3. The Bertz CT molecular complexity index is 463. The number of hydrogen-bond donors (Lipinski definition) is 2. The molecule has 1 rings (SSSR count). The van der Waals surface area contributed by atoms with Gasteiger partial charge in [-0.05, 0) is 12.3 Å². The number of carbonyl (C=O) groups is 2. The first kappa shape index (κ1) is 16.2. The van der Waals surface area contributed by atoms with Gasteiger partial charge in [0.05, 0.1) is 14.2 Å². The first-order valence-corrected chi connectivity index (χ1v) is 6.76. The number of hydrogen-bond acceptors (Lipinski definition) is 7. The number of amides is 2. The summed E-state index contributed by atoms with van der Waals surface area (Å²) in [4.78, 5) is 27.3. The molecule has 0 aliphatic carbocycles. The molecule has 1 aromatic rings. The molecule has 0 aliphatic heterocycles. The fourth-order valence-corrected chi connectivity index (χ4v) is 2.00. The van der Waals surface area contributed by atoms with Crippen molar-refractivity contribution in [1.82, 2.24) is 14.7 Å². The number of ether oxygens (including phenoxy) is 2. The third-order valence-corrected chi connectivity index (χ3v) is 2.92. The van der Waals surface area contributed by atoms with Gasteiger partial charge in [0.1, 0.15) is 6.04 Å². The van der Waals surface area contributed by atoms with E-state index in [1.807, 2.05) is 13.8 Å². The molecule has 0 aromatic carbocycles. The van der Waals surface area contributed by atoms with Crippen LogP contribution in [0, 0.1) is 5.92 Å². The van der Waals surface area contributed by atoms with Gasteiger partial charge in [0.15, 0.2) is 0 Å². The van der Waals surface area contributed by atoms with Crippen LogP contribution in [0.4, 0.5) is 9.93 Å². The van der Waals surface area contributed by atoms with Gasteiger partial charge in [-0.3, -0.25) is 5.32 Å². The molecule has 112 valence electrons. The first-order chi connectivity index (χ1) is 9.46. The Kier molecular flexibility index (Phi) is 6.16. The average Bonchev–Trinajstić information content (AvgIpc) is 2.84. The summed E-state index contributed by atoms with van der Waals surface area (Å²) in [6.07, 6.45) is 0.486. The molecule has 0 bridgehead atoms. The van der Waals surface area contributed by atoms with Crippen LogP contribution < -0.4 is 15.4 Å². The van der Waals surface area contributed by atoms with E-state index in [4.69, 9.17) is 4.74 Å². The summed E-state index contributed by atoms with van der Waals surface area (Å²) in [6, 6.07) is -1.06. The minimum Gasteiger partial charge on any atom is -0.467 e. The Labute approximate surface area is 121 Å². The average molecular weight is 302 g/mol. The number of nitrogens with zero attached hydrogens (tertiary/aromatic N) is 2. The molecule has 0 saturated carbocycles. The predicted molar refractivity (Wildman–Crippen MR) is 73.9 cm³/mol. The molecule has 0 aliphatic rings. The van der Waals surface area contributed by atoms with Crippen molar-refractivity contribution >= 4 is 28.7 Å². The predicted octanol–water partition coefficient (Wildman–Crippen LogP) is 1.26. The van der Waals surface area contributed by atoms with Crippen LogP contribution in [-0.4, -0.2) is 41.6 Å². The Balaban J connectivity index is 2.58. The second-order valence-electron chi connectivity index (χ2n) is 4.39. The van der Waals surface area contributed by atoms with Crippen molar-refractivity contribution in [1.29, 1.82) is 0 Å². The van der Waals surface area contributed by atoms with Gasteiger partial charge < -0.3 is 14.8 Å². The molecule has 20 heavy (non-hydrogen) atoms. The molecule has 0 unspecified atom stereocenters. The summed E-state index contributed by atoms with van der Waals surface area (Å²) >= 11 is 0.983. The van der Waals surface area contributed by atoms with E-state index in [1.54, 1.807) is 0 Å². The summed E-state index contributed by atoms with van der Waals surface area (Å²) in [5.41, 5.74) is 0. The molecule has 2 N–H and O–H groups in total. The van der Waals surface area contributed by atoms with Crippen molar-refractivity contribution in [3.05, 3.63) is 0 Å². The zero-order chi connectivity index (χ0) is 15.1. The van der Waals surface area contributed by atoms with E-state index in [1.165, 1.54) is 14.2 Å². The number of nitrogens with one attached hydrogen (secondary N) is 2. The molecule has 9 heteroatoms. The van der Waals surface area contributed by atoms with E-state index in [9.17, 15) is 9.59 Å². The molecule has 2 amide bonds. The highest BCUT2D eigenvalue weighted by molar-refractivity contribution is 7.10. The Hall–Kier alpha value is -1.90. The number of urea groups is 1. The number of carbonyl (C=O) groups excluding carboxylic acids is 2. The van der Waals surface area contributed by atoms with Gasteiger partial charge >= 0.3 is 18.0 Å². The van der Waals surface area contributed by atoms with Gasteiger partial charge in [-0.2, -0.15) is 4.98 Å². The normalized spacial score (nSPS) is 11.8. The lowest BCUT2D eigenvalue weighted by Gasteiger charge is -2.17. The quantitative estimate of drug-likeness (QED) is 0.767. The highest BCUT2D eigenvalue weighted by Crippen LogP contribution is 2.15. The number of methoxy groups -OCH3 is 2. The van der Waals surface area contributed by atoms with Crippen molar-refractivity contribution in [3.63, 3.8) is 0 Å². The lowest BCUT2D eigenvalue weighted by Crippen LogP contribution is -2.44. The van der Waals surface area contributed by atoms with Crippen LogP contribution in [0.25, 0.3) is 0 Å². The summed E-state index contributed by atoms with van der Waals surface area (Å²) in [5.74, 6) is -0.246. The standard InChI is InChI=1S/C11H18N4O4S/c1-6(2)5-7(8(16)18-3)12-9(17)13-11-14-10(19-4)15-20-11/h6-7H,5H2,1-4H3,(H2,12,13,14,15,17)/t7-/m0/s1. The van der Waals surface area contributed by atoms with Gasteiger partial charge in [0.25, 0.3) is 0 Å². The molecule has 1 aromatic heterocycles. The van der Waals surface area contributed by atoms with Crippen molar-refractivity contribution in [2.24, 2.45) is 5.92 Å². The zero-order valence-electron chi connectivity index (χ0n) is 11.8. The van der Waals surface area contributed by atoms with Crippen molar-refractivity contribution in [2.45, 2.75) is 26.3 Å². The monoisotopic (exact) mass is 302 g/mol. The SMILES string of the molecule is COC(=O)[C@H](CC(C)C)NC(=O)Nc1nc(OC)ns1. The van der Waals surface area contributed by atoms with Crippen LogP contribution in [0.2, 0.25) is 0 Å². The van der Waals surface area contributed by atoms with E-state index in [2.05, 4.69) is 24.7 Å². The molecule has 0 radical (unpaired) electrons. The maximum Gasteiger partial charge on any atom is 0.329 e. The first-order valence-electron chi connectivity index (χ1n) is 5.99. The smallest absolute Gasteiger partial charge is 0.329 e. The van der Waals surface area contributed by atoms with E-state index in [0.717, 1.165) is 11.5 Å². The number of aromatic nitrogens is 2. The Morgan fingerprint density at radius 1 is 1.35 bits per heavy atom. The fourth-order valence-electron chi connectivity index (χ4n) is 1.46. The van der Waals surface area contributed by atoms with Crippen LogP contribution in [0.1, 0.15) is 20.3 Å². The number of anilines is 1. The van der Waals surface area contributed by atoms with Crippen LogP contribution >= 0.6 is 11.5 Å². The Morgan fingerprint density at radius 3 is 2.55 bits per heavy atom. The second kappa shape index (κ2) is 7.63. The van der Waals surface area contributed by atoms with E-state index in [-0.39, 0.29) is 17.1 Å². The topological polar surface area (TPSA) is 102 Å². The molecule has 1 atom stereocenters. The van der Waals surface area contributed by atoms with Gasteiger partial charge in [0.2, 0.25) is 5.13 Å². The molecule has 0 spiro atoms. The third-order valence-electron chi connectivity index (χ3n) is 2.31. The van der Waals surface area contributed by atoms with Crippen LogP contribution in [0.15, 0.2) is 0 Å². The largest absolute Gasteiger partial charge is 0.467 e. The van der Waals surface area contributed by atoms with E-state index in [0.29, 0.717) is 6.42 Å². The van der Waals surface area contributed by atoms with Gasteiger partial charge in [0, 0.05) is 11.5 Å². The summed E-state index contributed by atoms with van der Waals surface area (Å²) in [5, 5.41) is 5.32. The fraction of sp³-hybridized carbons (Fsp3) is 0.636. The number of esters is 1. The van der Waals surface area contributed by atoms with Gasteiger partial charge in [-0.1, -0.05) is 13.8 Å². The second-order valence-corrected chi connectivity index (χ2v) is 5.14. The molecular formula is C11H18N4O4S. The highest BCUT2D eigenvalue weighted by Gasteiger charge is 2.23. The maximum atomic E-state index is 11.8. The minimum absolute atomic E-state index is 0.178. The third kappa shape index (κ3) is 5.00. The van der Waals surface area contributed by atoms with Crippen LogP contribution in [-0.2, 0) is 9.53 Å². The lowest BCUT2D eigenvalue weighted by molar-refractivity contribution is -0.143. The summed E-state index contributed by atoms with van der Waals surface area (Å²) in [6.45, 7) is 3.90. The van der Waals surface area contributed by atoms with Crippen molar-refractivity contribution in [2.75, 3.05) is 19.5 Å². The molecular weight excluding hydrogens is 284 g/mol. The molecule has 1 heterocycles. The van der Waals surface area contributed by atoms with Gasteiger partial charge in [-0.25, -0.2) is 9.59 Å². The van der Waals surface area contributed by atoms with E-state index < -0.39 is 18.0 Å². The zero-order valence-corrected chi connectivity index (χ0v) is 12.6. The highest BCUT2D eigenvalue weighted by atomic mass is 32.1. The van der Waals surface area contributed by atoms with Crippen molar-refractivity contribution in [3.8, 4) is 6.01 Å². The number of rotatable bonds is 6. The lowest BCUT2D eigenvalue weighted by atomic mass is 10.0. The minimum atomic E-state index is -0.699.